The predicted octanol–water partition coefficient (Wildman–Crippen LogP) is 4.02. The van der Waals surface area contributed by atoms with E-state index in [0.29, 0.717) is 56.5 Å². The molecular weight excluding hydrogens is 533 g/mol. The molecule has 1 amide bonds. The van der Waals surface area contributed by atoms with Crippen molar-refractivity contribution < 1.29 is 14.3 Å². The number of fused-ring (bicyclic) bond motifs is 1. The molecule has 0 spiro atoms. The normalized spacial score (nSPS) is 21.1. The largest absolute Gasteiger partial charge is 0.388 e. The number of benzene rings is 2. The molecule has 2 unspecified atom stereocenters. The van der Waals surface area contributed by atoms with Gasteiger partial charge in [0.25, 0.3) is 5.56 Å². The van der Waals surface area contributed by atoms with E-state index in [1.807, 2.05) is 46.9 Å². The van der Waals surface area contributed by atoms with E-state index < -0.39 is 5.60 Å². The van der Waals surface area contributed by atoms with Gasteiger partial charge in [-0.05, 0) is 62.1 Å². The van der Waals surface area contributed by atoms with Crippen LogP contribution in [-0.2, 0) is 24.4 Å². The summed E-state index contributed by atoms with van der Waals surface area (Å²) in [6, 6.07) is 18.7. The van der Waals surface area contributed by atoms with Crippen molar-refractivity contribution in [3.63, 3.8) is 0 Å². The summed E-state index contributed by atoms with van der Waals surface area (Å²) in [7, 11) is 0. The van der Waals surface area contributed by atoms with Gasteiger partial charge in [-0.25, -0.2) is 9.37 Å². The standard InChI is InChI=1S/C33H38FN5O3/c1-2-37-16-12-28-30(37)35-23-39(32(28)41)22-33(42)13-17-38(18-14-33)31(40)27-11-15-36(20-24-7-6-10-26(34)19-24)21-29(27)25-8-4-3-5-9-25/h3-10,12,16,19,23,27,29,42H,2,11,13-15,17-18,20-22H2,1H3. The van der Waals surface area contributed by atoms with Crippen LogP contribution in [0.2, 0.25) is 0 Å². The molecule has 42 heavy (non-hydrogen) atoms. The Hall–Kier alpha value is -3.82. The Balaban J connectivity index is 1.13. The number of hydrogen-bond donors (Lipinski definition) is 1. The van der Waals surface area contributed by atoms with Gasteiger partial charge in [0.1, 0.15) is 17.8 Å². The molecule has 2 aromatic heterocycles. The third-order valence-electron chi connectivity index (χ3n) is 9.09. The van der Waals surface area contributed by atoms with Gasteiger partial charge in [-0.2, -0.15) is 0 Å². The van der Waals surface area contributed by atoms with Crippen molar-refractivity contribution in [1.82, 2.24) is 23.9 Å². The van der Waals surface area contributed by atoms with Gasteiger partial charge in [-0.1, -0.05) is 42.5 Å². The zero-order chi connectivity index (χ0) is 29.3. The molecule has 0 bridgehead atoms. The average molecular weight is 572 g/mol. The SMILES string of the molecule is CCn1ccc2c(=O)n(CC3(O)CCN(C(=O)C4CCN(Cc5cccc(F)c5)CC4c4ccccc4)CC3)cnc21. The predicted molar refractivity (Wildman–Crippen MR) is 159 cm³/mol. The third kappa shape index (κ3) is 5.76. The number of halogens is 1. The Kier molecular flexibility index (Phi) is 7.96. The minimum Gasteiger partial charge on any atom is -0.388 e. The molecule has 0 radical (unpaired) electrons. The second-order valence-corrected chi connectivity index (χ2v) is 11.8. The molecule has 8 nitrogen and oxygen atoms in total. The van der Waals surface area contributed by atoms with Crippen LogP contribution < -0.4 is 5.56 Å². The van der Waals surface area contributed by atoms with Gasteiger partial charge in [-0.3, -0.25) is 19.1 Å². The molecule has 220 valence electrons. The molecule has 2 fully saturated rings. The van der Waals surface area contributed by atoms with E-state index in [4.69, 9.17) is 0 Å². The summed E-state index contributed by atoms with van der Waals surface area (Å²) in [4.78, 5) is 35.7. The van der Waals surface area contributed by atoms with Crippen molar-refractivity contribution in [3.05, 3.63) is 100 Å². The number of aryl methyl sites for hydroxylation is 1. The molecular formula is C33H38FN5O3. The van der Waals surface area contributed by atoms with Crippen LogP contribution in [-0.4, -0.2) is 66.7 Å². The first-order valence-electron chi connectivity index (χ1n) is 14.9. The zero-order valence-corrected chi connectivity index (χ0v) is 24.0. The fourth-order valence-electron chi connectivity index (χ4n) is 6.72. The van der Waals surface area contributed by atoms with Gasteiger partial charge >= 0.3 is 0 Å². The summed E-state index contributed by atoms with van der Waals surface area (Å²) in [6.07, 6.45) is 4.89. The smallest absolute Gasteiger partial charge is 0.262 e. The van der Waals surface area contributed by atoms with Crippen molar-refractivity contribution in [2.75, 3.05) is 26.2 Å². The monoisotopic (exact) mass is 571 g/mol. The van der Waals surface area contributed by atoms with Gasteiger partial charge in [0.15, 0.2) is 0 Å². The number of aliphatic hydroxyl groups is 1. The molecule has 9 heteroatoms. The fraction of sp³-hybridized carbons (Fsp3) is 0.424. The lowest BCUT2D eigenvalue weighted by molar-refractivity contribution is -0.142. The molecule has 2 aromatic carbocycles. The molecule has 4 heterocycles. The number of piperidine rings is 2. The lowest BCUT2D eigenvalue weighted by Gasteiger charge is -2.43. The number of amides is 1. The first-order chi connectivity index (χ1) is 20.3. The second kappa shape index (κ2) is 11.8. The van der Waals surface area contributed by atoms with E-state index in [9.17, 15) is 19.1 Å². The number of carbonyl (C=O) groups is 1. The molecule has 2 aliphatic rings. The van der Waals surface area contributed by atoms with Crippen molar-refractivity contribution >= 4 is 16.9 Å². The molecule has 2 saturated heterocycles. The highest BCUT2D eigenvalue weighted by Crippen LogP contribution is 2.36. The highest BCUT2D eigenvalue weighted by molar-refractivity contribution is 5.80. The minimum atomic E-state index is -1.09. The van der Waals surface area contributed by atoms with Crippen LogP contribution in [0, 0.1) is 11.7 Å². The zero-order valence-electron chi connectivity index (χ0n) is 24.0. The van der Waals surface area contributed by atoms with Crippen LogP contribution in [0.5, 0.6) is 0 Å². The van der Waals surface area contributed by atoms with Crippen LogP contribution in [0.3, 0.4) is 0 Å². The molecule has 2 aliphatic heterocycles. The van der Waals surface area contributed by atoms with E-state index in [2.05, 4.69) is 22.0 Å². The highest BCUT2D eigenvalue weighted by atomic mass is 19.1. The lowest BCUT2D eigenvalue weighted by atomic mass is 9.79. The van der Waals surface area contributed by atoms with Gasteiger partial charge in [-0.15, -0.1) is 0 Å². The molecule has 2 atom stereocenters. The third-order valence-corrected chi connectivity index (χ3v) is 9.09. The average Bonchev–Trinajstić information content (AvgIpc) is 3.43. The Morgan fingerprint density at radius 1 is 1.05 bits per heavy atom. The summed E-state index contributed by atoms with van der Waals surface area (Å²) in [6.45, 7) is 5.88. The number of hydrogen-bond acceptors (Lipinski definition) is 5. The van der Waals surface area contributed by atoms with E-state index >= 15 is 0 Å². The summed E-state index contributed by atoms with van der Waals surface area (Å²) >= 11 is 0. The molecule has 0 aliphatic carbocycles. The molecule has 6 rings (SSSR count). The quantitative estimate of drug-likeness (QED) is 0.363. The van der Waals surface area contributed by atoms with Crippen molar-refractivity contribution in [1.29, 1.82) is 0 Å². The first-order valence-corrected chi connectivity index (χ1v) is 14.9. The molecule has 0 saturated carbocycles. The summed E-state index contributed by atoms with van der Waals surface area (Å²) in [5.41, 5.74) is 1.47. The Labute approximate surface area is 245 Å². The van der Waals surface area contributed by atoms with Crippen molar-refractivity contribution in [2.45, 2.75) is 57.3 Å². The summed E-state index contributed by atoms with van der Waals surface area (Å²) in [5, 5.41) is 12.0. The molecule has 4 aromatic rings. The van der Waals surface area contributed by atoms with E-state index in [-0.39, 0.29) is 35.7 Å². The highest BCUT2D eigenvalue weighted by Gasteiger charge is 2.40. The van der Waals surface area contributed by atoms with Crippen LogP contribution >= 0.6 is 0 Å². The second-order valence-electron chi connectivity index (χ2n) is 11.8. The Bertz CT molecular complexity index is 1610. The summed E-state index contributed by atoms with van der Waals surface area (Å²) < 4.78 is 17.2. The van der Waals surface area contributed by atoms with E-state index in [0.717, 1.165) is 24.2 Å². The van der Waals surface area contributed by atoms with Crippen LogP contribution in [0.1, 0.15) is 43.2 Å². The minimum absolute atomic E-state index is 0.0219. The summed E-state index contributed by atoms with van der Waals surface area (Å²) in [5.74, 6) is -0.259. The fourth-order valence-corrected chi connectivity index (χ4v) is 6.72. The number of nitrogens with zero attached hydrogens (tertiary/aromatic N) is 5. The van der Waals surface area contributed by atoms with Gasteiger partial charge in [0.05, 0.1) is 17.5 Å². The van der Waals surface area contributed by atoms with Crippen molar-refractivity contribution in [3.8, 4) is 0 Å². The lowest BCUT2D eigenvalue weighted by Crippen LogP contribution is -2.53. The topological polar surface area (TPSA) is 83.6 Å². The van der Waals surface area contributed by atoms with Gasteiger partial charge in [0.2, 0.25) is 5.91 Å². The van der Waals surface area contributed by atoms with Crippen molar-refractivity contribution in [2.24, 2.45) is 5.92 Å². The maximum Gasteiger partial charge on any atom is 0.262 e. The number of likely N-dealkylation sites (tertiary alicyclic amines) is 2. The van der Waals surface area contributed by atoms with E-state index in [1.54, 1.807) is 18.2 Å². The number of carbonyl (C=O) groups excluding carboxylic acids is 1. The van der Waals surface area contributed by atoms with Gasteiger partial charge in [0, 0.05) is 50.8 Å². The molecule has 1 N–H and O–H groups in total. The van der Waals surface area contributed by atoms with Crippen LogP contribution in [0.15, 0.2) is 78.0 Å². The van der Waals surface area contributed by atoms with Crippen LogP contribution in [0.4, 0.5) is 4.39 Å². The first kappa shape index (κ1) is 28.3. The maximum atomic E-state index is 14.0. The Morgan fingerprint density at radius 3 is 2.57 bits per heavy atom. The van der Waals surface area contributed by atoms with Crippen LogP contribution in [0.25, 0.3) is 11.0 Å². The maximum absolute atomic E-state index is 14.0. The number of rotatable bonds is 7. The van der Waals surface area contributed by atoms with Gasteiger partial charge < -0.3 is 14.6 Å². The Morgan fingerprint density at radius 2 is 1.83 bits per heavy atom. The van der Waals surface area contributed by atoms with E-state index in [1.165, 1.54) is 17.0 Å². The number of aromatic nitrogens is 3.